The number of esters is 1. The van der Waals surface area contributed by atoms with Gasteiger partial charge in [0, 0.05) is 11.4 Å². The number of fused-ring (bicyclic) bond motifs is 1. The third kappa shape index (κ3) is 6.49. The van der Waals surface area contributed by atoms with Gasteiger partial charge in [-0.3, -0.25) is 4.79 Å². The summed E-state index contributed by atoms with van der Waals surface area (Å²) in [6, 6.07) is 4.62. The lowest BCUT2D eigenvalue weighted by Gasteiger charge is -2.12. The maximum Gasteiger partial charge on any atom is 0.416 e. The largest absolute Gasteiger partial charge is 0.486 e. The predicted molar refractivity (Wildman–Crippen MR) is 138 cm³/mol. The summed E-state index contributed by atoms with van der Waals surface area (Å²) >= 11 is 2.59. The molecule has 0 saturated heterocycles. The molecule has 1 aliphatic rings. The summed E-state index contributed by atoms with van der Waals surface area (Å²) in [4.78, 5) is 26.5. The molecule has 3 aromatic rings. The standard InChI is InChI=1S/C25H27F3N4O4S2/c1-3-32-19(13-36-16-9-7-8-15(12-16)25(26,27)28)30-31-24(32)37-14-20(33)29-22-21(23(34)35-4-2)17-10-5-6-11-18(17)38-22/h7-9,12H,3-6,10-11,13-14H2,1-2H3,(H,29,33). The molecule has 0 radical (unpaired) electrons. The molecule has 13 heteroatoms. The van der Waals surface area contributed by atoms with Crippen molar-refractivity contribution in [2.24, 2.45) is 0 Å². The van der Waals surface area contributed by atoms with Gasteiger partial charge in [-0.05, 0) is 63.3 Å². The molecule has 2 aromatic heterocycles. The van der Waals surface area contributed by atoms with Gasteiger partial charge in [0.05, 0.1) is 23.5 Å². The summed E-state index contributed by atoms with van der Waals surface area (Å²) < 4.78 is 51.4. The van der Waals surface area contributed by atoms with E-state index in [2.05, 4.69) is 15.5 Å². The highest BCUT2D eigenvalue weighted by atomic mass is 32.2. The molecular weight excluding hydrogens is 541 g/mol. The zero-order chi connectivity index (χ0) is 27.3. The van der Waals surface area contributed by atoms with Crippen molar-refractivity contribution in [1.82, 2.24) is 14.8 Å². The molecule has 204 valence electrons. The summed E-state index contributed by atoms with van der Waals surface area (Å²) in [5, 5.41) is 12.1. The molecule has 1 aromatic carbocycles. The predicted octanol–water partition coefficient (Wildman–Crippen LogP) is 5.74. The van der Waals surface area contributed by atoms with Gasteiger partial charge in [0.25, 0.3) is 0 Å². The fourth-order valence-corrected chi connectivity index (χ4v) is 6.24. The molecule has 0 aliphatic heterocycles. The first kappa shape index (κ1) is 28.0. The molecule has 1 aliphatic carbocycles. The van der Waals surface area contributed by atoms with Crippen LogP contribution in [0.5, 0.6) is 5.75 Å². The van der Waals surface area contributed by atoms with Crippen molar-refractivity contribution in [3.05, 3.63) is 51.7 Å². The minimum absolute atomic E-state index is 0.0252. The molecule has 1 amide bonds. The van der Waals surface area contributed by atoms with Crippen molar-refractivity contribution in [2.75, 3.05) is 17.7 Å². The van der Waals surface area contributed by atoms with E-state index in [1.165, 1.54) is 35.2 Å². The number of thiophene rings is 1. The van der Waals surface area contributed by atoms with Crippen molar-refractivity contribution < 1.29 is 32.2 Å². The third-order valence-electron chi connectivity index (χ3n) is 5.88. The van der Waals surface area contributed by atoms with E-state index >= 15 is 0 Å². The molecule has 0 spiro atoms. The van der Waals surface area contributed by atoms with Crippen LogP contribution in [0.15, 0.2) is 29.4 Å². The Morgan fingerprint density at radius 2 is 1.97 bits per heavy atom. The minimum atomic E-state index is -4.47. The van der Waals surface area contributed by atoms with Crippen LogP contribution in [0.25, 0.3) is 0 Å². The van der Waals surface area contributed by atoms with E-state index in [4.69, 9.17) is 9.47 Å². The number of alkyl halides is 3. The van der Waals surface area contributed by atoms with Crippen LogP contribution in [-0.2, 0) is 41.7 Å². The first-order valence-corrected chi connectivity index (χ1v) is 14.0. The average molecular weight is 569 g/mol. The van der Waals surface area contributed by atoms with Gasteiger partial charge in [0.1, 0.15) is 17.4 Å². The van der Waals surface area contributed by atoms with Crippen molar-refractivity contribution in [3.8, 4) is 5.75 Å². The number of benzene rings is 1. The monoisotopic (exact) mass is 568 g/mol. The number of nitrogens with zero attached hydrogens (tertiary/aromatic N) is 3. The van der Waals surface area contributed by atoms with E-state index in [-0.39, 0.29) is 30.6 Å². The van der Waals surface area contributed by atoms with E-state index in [1.807, 2.05) is 6.92 Å². The number of aryl methyl sites for hydroxylation is 1. The number of rotatable bonds is 10. The van der Waals surface area contributed by atoms with Gasteiger partial charge in [-0.2, -0.15) is 13.2 Å². The molecule has 0 unspecified atom stereocenters. The van der Waals surface area contributed by atoms with E-state index < -0.39 is 17.7 Å². The molecule has 4 rings (SSSR count). The lowest BCUT2D eigenvalue weighted by molar-refractivity contribution is -0.137. The Morgan fingerprint density at radius 3 is 2.71 bits per heavy atom. The summed E-state index contributed by atoms with van der Waals surface area (Å²) in [6.07, 6.45) is -0.762. The molecule has 2 heterocycles. The van der Waals surface area contributed by atoms with Crippen molar-refractivity contribution in [3.63, 3.8) is 0 Å². The average Bonchev–Trinajstić information content (AvgIpc) is 3.46. The molecule has 8 nitrogen and oxygen atoms in total. The van der Waals surface area contributed by atoms with Gasteiger partial charge < -0.3 is 19.4 Å². The number of carbonyl (C=O) groups excluding carboxylic acids is 2. The van der Waals surface area contributed by atoms with Crippen LogP contribution in [0, 0.1) is 0 Å². The third-order valence-corrected chi connectivity index (χ3v) is 8.05. The maximum absolute atomic E-state index is 13.0. The second-order valence-electron chi connectivity index (χ2n) is 8.43. The van der Waals surface area contributed by atoms with E-state index in [0.717, 1.165) is 48.3 Å². The number of halogens is 3. The highest BCUT2D eigenvalue weighted by Gasteiger charge is 2.31. The number of carbonyl (C=O) groups is 2. The Morgan fingerprint density at radius 1 is 1.18 bits per heavy atom. The smallest absolute Gasteiger partial charge is 0.416 e. The SMILES string of the molecule is CCOC(=O)c1c(NC(=O)CSc2nnc(COc3cccc(C(F)(F)F)c3)n2CC)sc2c1CCCC2. The first-order valence-electron chi connectivity index (χ1n) is 12.2. The Balaban J connectivity index is 1.40. The Hall–Kier alpha value is -3.06. The zero-order valence-electron chi connectivity index (χ0n) is 20.9. The number of amides is 1. The molecule has 0 bridgehead atoms. The molecular formula is C25H27F3N4O4S2. The van der Waals surface area contributed by atoms with Crippen LogP contribution in [0.2, 0.25) is 0 Å². The highest BCUT2D eigenvalue weighted by molar-refractivity contribution is 7.99. The quantitative estimate of drug-likeness (QED) is 0.246. The number of anilines is 1. The summed E-state index contributed by atoms with van der Waals surface area (Å²) in [7, 11) is 0. The number of ether oxygens (including phenoxy) is 2. The van der Waals surface area contributed by atoms with Gasteiger partial charge in [0.2, 0.25) is 5.91 Å². The molecule has 1 N–H and O–H groups in total. The Kier molecular flexibility index (Phi) is 8.98. The number of nitrogens with one attached hydrogen (secondary N) is 1. The fourth-order valence-electron chi connectivity index (χ4n) is 4.13. The van der Waals surface area contributed by atoms with Crippen LogP contribution in [0.3, 0.4) is 0 Å². The van der Waals surface area contributed by atoms with Gasteiger partial charge in [-0.1, -0.05) is 17.8 Å². The topological polar surface area (TPSA) is 95.3 Å². The molecule has 0 atom stereocenters. The number of hydrogen-bond donors (Lipinski definition) is 1. The lowest BCUT2D eigenvalue weighted by Crippen LogP contribution is -2.17. The van der Waals surface area contributed by atoms with Gasteiger partial charge in [0.15, 0.2) is 11.0 Å². The molecule has 0 fully saturated rings. The lowest BCUT2D eigenvalue weighted by atomic mass is 9.95. The number of hydrogen-bond acceptors (Lipinski definition) is 8. The van der Waals surface area contributed by atoms with E-state index in [9.17, 15) is 22.8 Å². The van der Waals surface area contributed by atoms with E-state index in [1.54, 1.807) is 11.5 Å². The molecule has 38 heavy (non-hydrogen) atoms. The number of aromatic nitrogens is 3. The van der Waals surface area contributed by atoms with Gasteiger partial charge in [-0.15, -0.1) is 21.5 Å². The zero-order valence-corrected chi connectivity index (χ0v) is 22.5. The maximum atomic E-state index is 13.0. The van der Waals surface area contributed by atoms with Crippen LogP contribution >= 0.6 is 23.1 Å². The van der Waals surface area contributed by atoms with Crippen LogP contribution in [-0.4, -0.2) is 39.0 Å². The van der Waals surface area contributed by atoms with Gasteiger partial charge >= 0.3 is 12.1 Å². The normalized spacial score (nSPS) is 13.2. The van der Waals surface area contributed by atoms with Crippen LogP contribution in [0.4, 0.5) is 18.2 Å². The first-order chi connectivity index (χ1) is 18.2. The second kappa shape index (κ2) is 12.2. The Bertz CT molecular complexity index is 1310. The van der Waals surface area contributed by atoms with Crippen molar-refractivity contribution in [2.45, 2.75) is 64.0 Å². The summed E-state index contributed by atoms with van der Waals surface area (Å²) in [5.41, 5.74) is 0.626. The van der Waals surface area contributed by atoms with Crippen LogP contribution in [0.1, 0.15) is 58.9 Å². The van der Waals surface area contributed by atoms with Crippen molar-refractivity contribution in [1.29, 1.82) is 0 Å². The second-order valence-corrected chi connectivity index (χ2v) is 10.5. The van der Waals surface area contributed by atoms with Crippen LogP contribution < -0.4 is 10.1 Å². The fraction of sp³-hybridized carbons (Fsp3) is 0.440. The number of thioether (sulfide) groups is 1. The van der Waals surface area contributed by atoms with Crippen molar-refractivity contribution >= 4 is 40.0 Å². The van der Waals surface area contributed by atoms with E-state index in [0.29, 0.717) is 28.1 Å². The highest BCUT2D eigenvalue weighted by Crippen LogP contribution is 2.39. The minimum Gasteiger partial charge on any atom is -0.486 e. The Labute approximate surface area is 225 Å². The van der Waals surface area contributed by atoms with Gasteiger partial charge in [-0.25, -0.2) is 4.79 Å². The summed E-state index contributed by atoms with van der Waals surface area (Å²) in [6.45, 7) is 4.25. The summed E-state index contributed by atoms with van der Waals surface area (Å²) in [5.74, 6) is -0.215. The molecule has 0 saturated carbocycles.